The molecule has 5 atom stereocenters. The van der Waals surface area contributed by atoms with E-state index in [4.69, 9.17) is 21.1 Å². The number of carbonyl (C=O) groups excluding carboxylic acids is 1. The van der Waals surface area contributed by atoms with Crippen molar-refractivity contribution in [3.05, 3.63) is 84.9 Å². The van der Waals surface area contributed by atoms with E-state index < -0.39 is 0 Å². The molecule has 1 aliphatic carbocycles. The van der Waals surface area contributed by atoms with E-state index in [1.807, 2.05) is 32.3 Å². The number of hydrogen-bond acceptors (Lipinski definition) is 8. The Bertz CT molecular complexity index is 1400. The van der Waals surface area contributed by atoms with Crippen LogP contribution >= 0.6 is 0 Å². The maximum atomic E-state index is 13.0. The number of methoxy groups -OCH3 is 1. The van der Waals surface area contributed by atoms with E-state index in [0.717, 1.165) is 50.3 Å². The van der Waals surface area contributed by atoms with E-state index in [2.05, 4.69) is 103 Å². The summed E-state index contributed by atoms with van der Waals surface area (Å²) < 4.78 is 5.06. The Hall–Kier alpha value is -4.33. The number of fused-ring (bicyclic) bond motifs is 1. The monoisotopic (exact) mass is 729 g/mol. The van der Waals surface area contributed by atoms with Gasteiger partial charge in [-0.15, -0.1) is 12.3 Å². The Morgan fingerprint density at radius 1 is 1.25 bits per heavy atom. The number of terminal acetylenes is 1. The van der Waals surface area contributed by atoms with Gasteiger partial charge in [-0.25, -0.2) is 0 Å². The molecule has 0 fully saturated rings. The van der Waals surface area contributed by atoms with Gasteiger partial charge < -0.3 is 36.2 Å². The lowest BCUT2D eigenvalue weighted by atomic mass is 9.92. The van der Waals surface area contributed by atoms with Crippen LogP contribution in [0.2, 0.25) is 0 Å². The molecule has 0 bridgehead atoms. The standard InChI is InChI=1S/C43H68N8O2/c1-10-13-14-17-26-46-41(32-51(27-12-3)42(52)31-47-35(6)53-9)48-34(5)21-15-16-22-36(19-11-2)28-37-24-25-38-40(29-37)50-43(49-38)39(45-8)23-18-20-33(4)30-44-7/h1,11,14-17,19,24-25,28,33-34,38-40,44-45,47H,2,6,12-13,18,20-23,26-27,29-32H2,3-5,7-9H3,(H,46,48)(H,49,50)/b16-15-,17-14-,36-19-,37-28-/t33?,34?,38?,39-,40+/m0/s1. The quantitative estimate of drug-likeness (QED) is 0.0198. The molecular weight excluding hydrogens is 661 g/mol. The van der Waals surface area contributed by atoms with Gasteiger partial charge in [-0.3, -0.25) is 14.8 Å². The molecule has 1 heterocycles. The average Bonchev–Trinajstić information content (AvgIpc) is 3.57. The van der Waals surface area contributed by atoms with Crippen molar-refractivity contribution in [3.63, 3.8) is 0 Å². The first-order valence-corrected chi connectivity index (χ1v) is 19.3. The third-order valence-corrected chi connectivity index (χ3v) is 9.20. The van der Waals surface area contributed by atoms with Gasteiger partial charge >= 0.3 is 0 Å². The minimum atomic E-state index is -0.0474. The molecular formula is C43H68N8O2. The molecule has 292 valence electrons. The van der Waals surface area contributed by atoms with Crippen molar-refractivity contribution in [3.8, 4) is 12.3 Å². The fourth-order valence-corrected chi connectivity index (χ4v) is 6.35. The number of hydrogen-bond donors (Lipinski definition) is 5. The largest absolute Gasteiger partial charge is 0.483 e. The summed E-state index contributed by atoms with van der Waals surface area (Å²) >= 11 is 0. The molecule has 1 amide bonds. The first-order valence-electron chi connectivity index (χ1n) is 19.3. The minimum Gasteiger partial charge on any atom is -0.483 e. The summed E-state index contributed by atoms with van der Waals surface area (Å²) in [5, 5.41) is 17.0. The molecule has 0 spiro atoms. The van der Waals surface area contributed by atoms with Crippen molar-refractivity contribution in [2.75, 3.05) is 53.9 Å². The van der Waals surface area contributed by atoms with Crippen molar-refractivity contribution >= 4 is 17.6 Å². The summed E-state index contributed by atoms with van der Waals surface area (Å²) in [5.41, 5.74) is 2.50. The van der Waals surface area contributed by atoms with Gasteiger partial charge in [0.2, 0.25) is 5.91 Å². The lowest BCUT2D eigenvalue weighted by Crippen LogP contribution is -2.46. The highest BCUT2D eigenvalue weighted by Gasteiger charge is 2.32. The van der Waals surface area contributed by atoms with E-state index in [1.54, 1.807) is 4.90 Å². The van der Waals surface area contributed by atoms with Crippen LogP contribution in [0.15, 0.2) is 94.9 Å². The van der Waals surface area contributed by atoms with Gasteiger partial charge in [0.15, 0.2) is 5.88 Å². The van der Waals surface area contributed by atoms with E-state index in [9.17, 15) is 4.79 Å². The molecule has 0 aromatic heterocycles. The zero-order valence-electron chi connectivity index (χ0n) is 33.4. The molecule has 5 N–H and O–H groups in total. The predicted octanol–water partition coefficient (Wildman–Crippen LogP) is 5.58. The first-order chi connectivity index (χ1) is 25.7. The zero-order valence-corrected chi connectivity index (χ0v) is 33.4. The molecule has 0 radical (unpaired) electrons. The molecule has 10 nitrogen and oxygen atoms in total. The Kier molecular flexibility index (Phi) is 22.4. The van der Waals surface area contributed by atoms with Gasteiger partial charge in [-0.1, -0.05) is 81.5 Å². The third kappa shape index (κ3) is 17.8. The fraction of sp³-hybridized carbons (Fsp3) is 0.558. The number of amidine groups is 2. The van der Waals surface area contributed by atoms with Gasteiger partial charge in [-0.2, -0.15) is 0 Å². The second-order valence-electron chi connectivity index (χ2n) is 13.9. The number of nitrogens with one attached hydrogen (secondary N) is 5. The molecule has 3 unspecified atom stereocenters. The summed E-state index contributed by atoms with van der Waals surface area (Å²) in [6.45, 7) is 16.8. The smallest absolute Gasteiger partial charge is 0.242 e. The second kappa shape index (κ2) is 26.4. The van der Waals surface area contributed by atoms with Crippen molar-refractivity contribution in [1.29, 1.82) is 0 Å². The van der Waals surface area contributed by atoms with Gasteiger partial charge in [0.25, 0.3) is 0 Å². The zero-order chi connectivity index (χ0) is 38.8. The van der Waals surface area contributed by atoms with Crippen LogP contribution in [0.1, 0.15) is 72.1 Å². The summed E-state index contributed by atoms with van der Waals surface area (Å²) in [6.07, 6.45) is 31.8. The highest BCUT2D eigenvalue weighted by atomic mass is 16.5. The van der Waals surface area contributed by atoms with Crippen LogP contribution in [0.3, 0.4) is 0 Å². The molecule has 0 saturated heterocycles. The van der Waals surface area contributed by atoms with E-state index >= 15 is 0 Å². The average molecular weight is 729 g/mol. The SMILES string of the molecule is C#CC/C=C\C/N=C(/CN(CCC)C(=O)CNC(=C)OC)NC(C)C/C=C\CC(=C/C=C)/C=C1/C=CC2N=C([C@H](CCCC(C)CNC)NC)N[C@@H]2C1. The van der Waals surface area contributed by atoms with Crippen molar-refractivity contribution in [2.45, 2.75) is 96.3 Å². The van der Waals surface area contributed by atoms with Crippen LogP contribution in [-0.2, 0) is 9.53 Å². The third-order valence-electron chi connectivity index (χ3n) is 9.20. The maximum Gasteiger partial charge on any atom is 0.242 e. The number of aliphatic imine (C=N–C) groups is 2. The number of nitrogens with zero attached hydrogens (tertiary/aromatic N) is 3. The van der Waals surface area contributed by atoms with E-state index in [1.165, 1.54) is 31.1 Å². The summed E-state index contributed by atoms with van der Waals surface area (Å²) in [5.74, 6) is 5.44. The normalized spacial score (nSPS) is 19.6. The van der Waals surface area contributed by atoms with Crippen LogP contribution in [-0.4, -0.2) is 101 Å². The number of rotatable bonds is 26. The summed E-state index contributed by atoms with van der Waals surface area (Å²) in [7, 11) is 5.57. The molecule has 53 heavy (non-hydrogen) atoms. The molecule has 0 saturated carbocycles. The van der Waals surface area contributed by atoms with E-state index in [-0.39, 0.29) is 36.6 Å². The fourth-order valence-electron chi connectivity index (χ4n) is 6.35. The van der Waals surface area contributed by atoms with Crippen molar-refractivity contribution in [1.82, 2.24) is 31.5 Å². The highest BCUT2D eigenvalue weighted by Crippen LogP contribution is 2.26. The molecule has 2 rings (SSSR count). The Labute approximate surface area is 321 Å². The van der Waals surface area contributed by atoms with Crippen LogP contribution < -0.4 is 26.6 Å². The number of amides is 1. The van der Waals surface area contributed by atoms with Gasteiger partial charge in [-0.05, 0) is 89.7 Å². The van der Waals surface area contributed by atoms with Gasteiger partial charge in [0.05, 0.1) is 44.9 Å². The minimum absolute atomic E-state index is 0.0474. The Morgan fingerprint density at radius 2 is 2.06 bits per heavy atom. The number of likely N-dealkylation sites (N-methyl/N-ethyl adjacent to an activating group) is 1. The second-order valence-corrected chi connectivity index (χ2v) is 13.9. The predicted molar refractivity (Wildman–Crippen MR) is 225 cm³/mol. The van der Waals surface area contributed by atoms with Crippen molar-refractivity contribution < 1.29 is 9.53 Å². The Balaban J connectivity index is 1.98. The number of carbonyl (C=O) groups is 1. The number of ether oxygens (including phenoxy) is 1. The topological polar surface area (TPSA) is 114 Å². The molecule has 2 aliphatic rings. The van der Waals surface area contributed by atoms with Crippen LogP contribution in [0, 0.1) is 18.3 Å². The van der Waals surface area contributed by atoms with Crippen LogP contribution in [0.25, 0.3) is 0 Å². The summed E-state index contributed by atoms with van der Waals surface area (Å²) in [4.78, 5) is 24.7. The van der Waals surface area contributed by atoms with E-state index in [0.29, 0.717) is 37.9 Å². The van der Waals surface area contributed by atoms with Crippen LogP contribution in [0.5, 0.6) is 0 Å². The lowest BCUT2D eigenvalue weighted by molar-refractivity contribution is -0.129. The molecule has 0 aromatic rings. The van der Waals surface area contributed by atoms with Crippen LogP contribution in [0.4, 0.5) is 0 Å². The Morgan fingerprint density at radius 3 is 2.75 bits per heavy atom. The molecule has 10 heteroatoms. The van der Waals surface area contributed by atoms with Crippen molar-refractivity contribution in [2.24, 2.45) is 15.9 Å². The highest BCUT2D eigenvalue weighted by molar-refractivity contribution is 5.90. The van der Waals surface area contributed by atoms with Gasteiger partial charge in [0, 0.05) is 19.0 Å². The summed E-state index contributed by atoms with van der Waals surface area (Å²) in [6, 6.07) is 0.810. The first kappa shape index (κ1) is 44.8. The lowest BCUT2D eigenvalue weighted by Gasteiger charge is -2.25. The number of allylic oxidation sites excluding steroid dienone is 7. The molecule has 1 aliphatic heterocycles. The maximum absolute atomic E-state index is 13.0. The molecule has 0 aromatic carbocycles. The van der Waals surface area contributed by atoms with Gasteiger partial charge in [0.1, 0.15) is 11.7 Å².